The molecule has 2 aromatic carbocycles. The number of halogens is 2. The van der Waals surface area contributed by atoms with E-state index in [1.165, 1.54) is 18.4 Å². The summed E-state index contributed by atoms with van der Waals surface area (Å²) < 4.78 is 48.7. The van der Waals surface area contributed by atoms with Gasteiger partial charge in [-0.2, -0.15) is 0 Å². The van der Waals surface area contributed by atoms with E-state index in [9.17, 15) is 12.8 Å². The average molecular weight is 446 g/mol. The molecule has 0 unspecified atom stereocenters. The van der Waals surface area contributed by atoms with Crippen molar-refractivity contribution in [1.82, 2.24) is 5.32 Å². The molecule has 0 aliphatic rings. The van der Waals surface area contributed by atoms with Gasteiger partial charge in [-0.25, -0.2) is 12.8 Å². The molecule has 0 radical (unpaired) electrons. The molecular formula is C18H21BrFNO4S. The molecular weight excluding hydrogens is 425 g/mol. The second kappa shape index (κ2) is 9.45. The lowest BCUT2D eigenvalue weighted by atomic mass is 10.1. The highest BCUT2D eigenvalue weighted by molar-refractivity contribution is 9.10. The molecule has 0 aliphatic heterocycles. The van der Waals surface area contributed by atoms with Crippen LogP contribution in [-0.4, -0.2) is 35.0 Å². The fourth-order valence-electron chi connectivity index (χ4n) is 2.41. The van der Waals surface area contributed by atoms with Crippen LogP contribution in [0.2, 0.25) is 0 Å². The first-order valence-electron chi connectivity index (χ1n) is 7.90. The number of hydrogen-bond acceptors (Lipinski definition) is 5. The molecule has 0 bridgehead atoms. The minimum Gasteiger partial charge on any atom is -0.491 e. The SMILES string of the molecule is COCCOc1ccc(F)cc1CNCc1ccc(Br)cc1S(C)(=O)=O. The summed E-state index contributed by atoms with van der Waals surface area (Å²) in [7, 11) is -1.77. The molecule has 0 fully saturated rings. The van der Waals surface area contributed by atoms with E-state index in [4.69, 9.17) is 9.47 Å². The van der Waals surface area contributed by atoms with E-state index >= 15 is 0 Å². The van der Waals surface area contributed by atoms with Crippen LogP contribution in [0, 0.1) is 5.82 Å². The van der Waals surface area contributed by atoms with E-state index < -0.39 is 9.84 Å². The second-order valence-corrected chi connectivity index (χ2v) is 8.62. The van der Waals surface area contributed by atoms with Crippen molar-refractivity contribution in [1.29, 1.82) is 0 Å². The number of ether oxygens (including phenoxy) is 2. The van der Waals surface area contributed by atoms with Gasteiger partial charge >= 0.3 is 0 Å². The number of methoxy groups -OCH3 is 1. The molecule has 0 spiro atoms. The zero-order valence-electron chi connectivity index (χ0n) is 14.6. The van der Waals surface area contributed by atoms with Gasteiger partial charge in [0.05, 0.1) is 11.5 Å². The van der Waals surface area contributed by atoms with Gasteiger partial charge in [0.15, 0.2) is 9.84 Å². The molecule has 1 N–H and O–H groups in total. The molecule has 2 rings (SSSR count). The minimum absolute atomic E-state index is 0.259. The summed E-state index contributed by atoms with van der Waals surface area (Å²) in [5.41, 5.74) is 1.30. The maximum absolute atomic E-state index is 13.6. The van der Waals surface area contributed by atoms with E-state index in [0.717, 1.165) is 0 Å². The van der Waals surface area contributed by atoms with Gasteiger partial charge < -0.3 is 14.8 Å². The lowest BCUT2D eigenvalue weighted by molar-refractivity contribution is 0.145. The molecule has 0 atom stereocenters. The van der Waals surface area contributed by atoms with E-state index in [2.05, 4.69) is 21.2 Å². The summed E-state index contributed by atoms with van der Waals surface area (Å²) in [6.45, 7) is 1.45. The van der Waals surface area contributed by atoms with Crippen molar-refractivity contribution < 1.29 is 22.3 Å². The summed E-state index contributed by atoms with van der Waals surface area (Å²) in [4.78, 5) is 0.259. The fourth-order valence-corrected chi connectivity index (χ4v) is 3.88. The van der Waals surface area contributed by atoms with Crippen LogP contribution >= 0.6 is 15.9 Å². The normalized spacial score (nSPS) is 11.5. The topological polar surface area (TPSA) is 64.6 Å². The van der Waals surface area contributed by atoms with E-state index in [0.29, 0.717) is 47.7 Å². The Morgan fingerprint density at radius 2 is 1.81 bits per heavy atom. The summed E-state index contributed by atoms with van der Waals surface area (Å²) in [5.74, 6) is 0.205. The van der Waals surface area contributed by atoms with Gasteiger partial charge in [-0.15, -0.1) is 0 Å². The van der Waals surface area contributed by atoms with Crippen molar-refractivity contribution in [3.8, 4) is 5.75 Å². The molecule has 0 amide bonds. The predicted molar refractivity (Wildman–Crippen MR) is 102 cm³/mol. The first-order chi connectivity index (χ1) is 12.3. The van der Waals surface area contributed by atoms with Gasteiger partial charge in [-0.3, -0.25) is 0 Å². The zero-order chi connectivity index (χ0) is 19.2. The summed E-state index contributed by atoms with van der Waals surface area (Å²) >= 11 is 3.29. The average Bonchev–Trinajstić information content (AvgIpc) is 2.57. The maximum atomic E-state index is 13.6. The summed E-state index contributed by atoms with van der Waals surface area (Å²) in [5, 5.41) is 3.15. The standard InChI is InChI=1S/C18H21BrFNO4S/c1-24-7-8-25-17-6-5-16(20)9-14(17)12-21-11-13-3-4-15(19)10-18(13)26(2,22)23/h3-6,9-10,21H,7-8,11-12H2,1-2H3. The first kappa shape index (κ1) is 20.8. The third kappa shape index (κ3) is 6.05. The number of sulfone groups is 1. The number of rotatable bonds is 9. The number of nitrogens with one attached hydrogen (secondary N) is 1. The van der Waals surface area contributed by atoms with Crippen molar-refractivity contribution >= 4 is 25.8 Å². The number of hydrogen-bond donors (Lipinski definition) is 1. The van der Waals surface area contributed by atoms with Crippen LogP contribution < -0.4 is 10.1 Å². The Balaban J connectivity index is 2.10. The Morgan fingerprint density at radius 3 is 2.50 bits per heavy atom. The highest BCUT2D eigenvalue weighted by atomic mass is 79.9. The molecule has 0 heterocycles. The minimum atomic E-state index is -3.35. The largest absolute Gasteiger partial charge is 0.491 e. The summed E-state index contributed by atoms with van der Waals surface area (Å²) in [6, 6.07) is 9.41. The van der Waals surface area contributed by atoms with Crippen molar-refractivity contribution in [3.63, 3.8) is 0 Å². The van der Waals surface area contributed by atoms with Crippen LogP contribution in [0.1, 0.15) is 11.1 Å². The van der Waals surface area contributed by atoms with E-state index in [1.54, 1.807) is 31.4 Å². The molecule has 0 saturated carbocycles. The molecule has 0 saturated heterocycles. The van der Waals surface area contributed by atoms with Crippen molar-refractivity contribution in [3.05, 3.63) is 57.8 Å². The van der Waals surface area contributed by atoms with Crippen LogP contribution in [0.25, 0.3) is 0 Å². The molecule has 142 valence electrons. The third-order valence-corrected chi connectivity index (χ3v) is 5.30. The van der Waals surface area contributed by atoms with Gasteiger partial charge in [-0.1, -0.05) is 22.0 Å². The Bertz CT molecular complexity index is 858. The Hall–Kier alpha value is -1.48. The molecule has 0 aliphatic carbocycles. The van der Waals surface area contributed by atoms with E-state index in [-0.39, 0.29) is 10.7 Å². The zero-order valence-corrected chi connectivity index (χ0v) is 17.0. The Morgan fingerprint density at radius 1 is 1.08 bits per heavy atom. The van der Waals surface area contributed by atoms with E-state index in [1.807, 2.05) is 0 Å². The first-order valence-corrected chi connectivity index (χ1v) is 10.6. The van der Waals surface area contributed by atoms with Gasteiger partial charge in [0, 0.05) is 36.5 Å². The van der Waals surface area contributed by atoms with Crippen LogP contribution in [-0.2, 0) is 27.7 Å². The maximum Gasteiger partial charge on any atom is 0.175 e. The van der Waals surface area contributed by atoms with Crippen molar-refractivity contribution in [2.75, 3.05) is 26.6 Å². The lowest BCUT2D eigenvalue weighted by Gasteiger charge is -2.13. The fraction of sp³-hybridized carbons (Fsp3) is 0.333. The highest BCUT2D eigenvalue weighted by Crippen LogP contribution is 2.23. The van der Waals surface area contributed by atoms with Gasteiger partial charge in [0.25, 0.3) is 0 Å². The van der Waals surface area contributed by atoms with Crippen LogP contribution in [0.15, 0.2) is 45.8 Å². The monoisotopic (exact) mass is 445 g/mol. The lowest BCUT2D eigenvalue weighted by Crippen LogP contribution is -2.16. The van der Waals surface area contributed by atoms with Crippen LogP contribution in [0.4, 0.5) is 4.39 Å². The van der Waals surface area contributed by atoms with Crippen LogP contribution in [0.5, 0.6) is 5.75 Å². The molecule has 2 aromatic rings. The van der Waals surface area contributed by atoms with Gasteiger partial charge in [0.1, 0.15) is 18.2 Å². The quantitative estimate of drug-likeness (QED) is 0.599. The third-order valence-electron chi connectivity index (χ3n) is 3.63. The molecule has 0 aromatic heterocycles. The summed E-state index contributed by atoms with van der Waals surface area (Å²) in [6.07, 6.45) is 1.17. The number of benzene rings is 2. The smallest absolute Gasteiger partial charge is 0.175 e. The Kier molecular flexibility index (Phi) is 7.57. The predicted octanol–water partition coefficient (Wildman–Crippen LogP) is 3.31. The van der Waals surface area contributed by atoms with Crippen LogP contribution in [0.3, 0.4) is 0 Å². The molecule has 26 heavy (non-hydrogen) atoms. The molecule has 5 nitrogen and oxygen atoms in total. The van der Waals surface area contributed by atoms with Crippen molar-refractivity contribution in [2.45, 2.75) is 18.0 Å². The van der Waals surface area contributed by atoms with Gasteiger partial charge in [-0.05, 0) is 35.9 Å². The molecule has 8 heteroatoms. The highest BCUT2D eigenvalue weighted by Gasteiger charge is 2.14. The van der Waals surface area contributed by atoms with Gasteiger partial charge in [0.2, 0.25) is 0 Å². The van der Waals surface area contributed by atoms with Crippen molar-refractivity contribution in [2.24, 2.45) is 0 Å². The Labute approximate surface area is 161 Å². The second-order valence-electron chi connectivity index (χ2n) is 5.72.